The molecule has 0 aliphatic carbocycles. The highest BCUT2D eigenvalue weighted by Gasteiger charge is 2.13. The number of hydrogen-bond donors (Lipinski definition) is 2. The van der Waals surface area contributed by atoms with Crippen molar-refractivity contribution in [2.75, 3.05) is 6.54 Å². The molecule has 0 spiro atoms. The average molecular weight is 342 g/mol. The van der Waals surface area contributed by atoms with E-state index in [4.69, 9.17) is 5.73 Å². The molecule has 0 aliphatic heterocycles. The van der Waals surface area contributed by atoms with Gasteiger partial charge in [0.15, 0.2) is 0 Å². The molecule has 1 rings (SSSR count). The molecule has 1 atom stereocenters. The van der Waals surface area contributed by atoms with E-state index in [-0.39, 0.29) is 11.9 Å². The van der Waals surface area contributed by atoms with E-state index in [1.54, 1.807) is 6.07 Å². The number of hydrogen-bond acceptors (Lipinski definition) is 3. The van der Waals surface area contributed by atoms with E-state index in [0.717, 1.165) is 8.26 Å². The number of nitrogens with one attached hydrogen (secondary N) is 1. The van der Waals surface area contributed by atoms with E-state index in [1.807, 2.05) is 6.92 Å². The van der Waals surface area contributed by atoms with Crippen LogP contribution in [0.15, 0.2) is 14.3 Å². The minimum atomic E-state index is -0.0839. The zero-order chi connectivity index (χ0) is 10.7. The second kappa shape index (κ2) is 5.25. The molecule has 0 bridgehead atoms. The SMILES string of the molecule is C[C@@H](CN)NC(=O)c1cc(Br)c(Br)s1. The largest absolute Gasteiger partial charge is 0.348 e. The molecule has 0 saturated carbocycles. The lowest BCUT2D eigenvalue weighted by atomic mass is 10.3. The predicted octanol–water partition coefficient (Wildman–Crippen LogP) is 2.35. The van der Waals surface area contributed by atoms with Crippen molar-refractivity contribution in [3.05, 3.63) is 19.2 Å². The van der Waals surface area contributed by atoms with Gasteiger partial charge in [-0.1, -0.05) is 0 Å². The molecule has 1 heterocycles. The summed E-state index contributed by atoms with van der Waals surface area (Å²) in [6, 6.07) is 1.79. The summed E-state index contributed by atoms with van der Waals surface area (Å²) in [7, 11) is 0. The van der Waals surface area contributed by atoms with Gasteiger partial charge in [0, 0.05) is 17.1 Å². The molecular formula is C8H10Br2N2OS. The Hall–Kier alpha value is 0.0900. The zero-order valence-electron chi connectivity index (χ0n) is 7.51. The molecule has 0 aromatic carbocycles. The third kappa shape index (κ3) is 3.05. The van der Waals surface area contributed by atoms with Crippen molar-refractivity contribution in [2.45, 2.75) is 13.0 Å². The fraction of sp³-hybridized carbons (Fsp3) is 0.375. The van der Waals surface area contributed by atoms with Crippen molar-refractivity contribution in [1.29, 1.82) is 0 Å². The van der Waals surface area contributed by atoms with E-state index in [1.165, 1.54) is 11.3 Å². The number of thiophene rings is 1. The van der Waals surface area contributed by atoms with Gasteiger partial charge in [-0.2, -0.15) is 0 Å². The Balaban J connectivity index is 2.70. The van der Waals surface area contributed by atoms with Crippen molar-refractivity contribution >= 4 is 49.1 Å². The van der Waals surface area contributed by atoms with Crippen LogP contribution in [0.2, 0.25) is 0 Å². The summed E-state index contributed by atoms with van der Waals surface area (Å²) in [6.07, 6.45) is 0. The fourth-order valence-electron chi connectivity index (χ4n) is 0.812. The van der Waals surface area contributed by atoms with Gasteiger partial charge in [0.2, 0.25) is 0 Å². The Morgan fingerprint density at radius 3 is 2.79 bits per heavy atom. The van der Waals surface area contributed by atoms with Crippen LogP contribution in [0.5, 0.6) is 0 Å². The molecule has 0 saturated heterocycles. The minimum absolute atomic E-state index is 0.00199. The van der Waals surface area contributed by atoms with E-state index >= 15 is 0 Å². The van der Waals surface area contributed by atoms with Crippen molar-refractivity contribution < 1.29 is 4.79 Å². The Bertz CT molecular complexity index is 321. The second-order valence-electron chi connectivity index (χ2n) is 2.84. The van der Waals surface area contributed by atoms with Gasteiger partial charge >= 0.3 is 0 Å². The Morgan fingerprint density at radius 2 is 2.36 bits per heavy atom. The van der Waals surface area contributed by atoms with Gasteiger partial charge in [-0.15, -0.1) is 11.3 Å². The molecule has 0 unspecified atom stereocenters. The third-order valence-electron chi connectivity index (χ3n) is 1.60. The van der Waals surface area contributed by atoms with Gasteiger partial charge in [0.05, 0.1) is 8.66 Å². The molecule has 0 aliphatic rings. The van der Waals surface area contributed by atoms with Crippen LogP contribution in [0.4, 0.5) is 0 Å². The van der Waals surface area contributed by atoms with Gasteiger partial charge in [-0.05, 0) is 44.8 Å². The van der Waals surface area contributed by atoms with Crippen LogP contribution in [0.3, 0.4) is 0 Å². The Morgan fingerprint density at radius 1 is 1.71 bits per heavy atom. The van der Waals surface area contributed by atoms with Crippen LogP contribution in [-0.4, -0.2) is 18.5 Å². The molecule has 1 aromatic heterocycles. The number of amides is 1. The number of carbonyl (C=O) groups is 1. The minimum Gasteiger partial charge on any atom is -0.348 e. The maximum Gasteiger partial charge on any atom is 0.261 e. The van der Waals surface area contributed by atoms with Crippen LogP contribution in [-0.2, 0) is 0 Å². The molecule has 78 valence electrons. The van der Waals surface area contributed by atoms with Crippen LogP contribution in [0.25, 0.3) is 0 Å². The van der Waals surface area contributed by atoms with Crippen molar-refractivity contribution in [3.63, 3.8) is 0 Å². The molecular weight excluding hydrogens is 332 g/mol. The van der Waals surface area contributed by atoms with Crippen LogP contribution in [0, 0.1) is 0 Å². The number of rotatable bonds is 3. The van der Waals surface area contributed by atoms with E-state index in [2.05, 4.69) is 37.2 Å². The maximum absolute atomic E-state index is 11.6. The summed E-state index contributed by atoms with van der Waals surface area (Å²) in [5.74, 6) is -0.0839. The zero-order valence-corrected chi connectivity index (χ0v) is 11.5. The Kier molecular flexibility index (Phi) is 4.56. The van der Waals surface area contributed by atoms with Gasteiger partial charge < -0.3 is 11.1 Å². The first-order valence-electron chi connectivity index (χ1n) is 4.00. The van der Waals surface area contributed by atoms with Crippen LogP contribution >= 0.6 is 43.2 Å². The summed E-state index contributed by atoms with van der Waals surface area (Å²) in [4.78, 5) is 12.3. The molecule has 1 aromatic rings. The molecule has 1 amide bonds. The third-order valence-corrected chi connectivity index (χ3v) is 4.85. The van der Waals surface area contributed by atoms with Crippen molar-refractivity contribution in [3.8, 4) is 0 Å². The highest BCUT2D eigenvalue weighted by atomic mass is 79.9. The second-order valence-corrected chi connectivity index (χ2v) is 6.07. The monoisotopic (exact) mass is 340 g/mol. The number of halogens is 2. The van der Waals surface area contributed by atoms with Crippen molar-refractivity contribution in [2.24, 2.45) is 5.73 Å². The summed E-state index contributed by atoms with van der Waals surface area (Å²) in [5.41, 5.74) is 5.40. The topological polar surface area (TPSA) is 55.1 Å². The molecule has 3 N–H and O–H groups in total. The lowest BCUT2D eigenvalue weighted by molar-refractivity contribution is 0.0945. The van der Waals surface area contributed by atoms with E-state index in [0.29, 0.717) is 11.4 Å². The lowest BCUT2D eigenvalue weighted by Gasteiger charge is -2.09. The molecule has 0 fully saturated rings. The van der Waals surface area contributed by atoms with E-state index < -0.39 is 0 Å². The number of nitrogens with two attached hydrogens (primary N) is 1. The molecule has 14 heavy (non-hydrogen) atoms. The highest BCUT2D eigenvalue weighted by molar-refractivity contribution is 9.13. The summed E-state index contributed by atoms with van der Waals surface area (Å²) >= 11 is 8.05. The van der Waals surface area contributed by atoms with Gasteiger partial charge in [0.25, 0.3) is 5.91 Å². The summed E-state index contributed by atoms with van der Waals surface area (Å²) in [5, 5.41) is 2.79. The van der Waals surface area contributed by atoms with Crippen LogP contribution < -0.4 is 11.1 Å². The van der Waals surface area contributed by atoms with E-state index in [9.17, 15) is 4.79 Å². The fourth-order valence-corrected chi connectivity index (χ4v) is 2.75. The highest BCUT2D eigenvalue weighted by Crippen LogP contribution is 2.32. The van der Waals surface area contributed by atoms with Gasteiger partial charge in [-0.25, -0.2) is 0 Å². The van der Waals surface area contributed by atoms with Gasteiger partial charge in [-0.3, -0.25) is 4.79 Å². The molecule has 3 nitrogen and oxygen atoms in total. The summed E-state index contributed by atoms with van der Waals surface area (Å²) in [6.45, 7) is 2.31. The quantitative estimate of drug-likeness (QED) is 0.886. The smallest absolute Gasteiger partial charge is 0.261 e. The first-order valence-corrected chi connectivity index (χ1v) is 6.40. The average Bonchev–Trinajstić information content (AvgIpc) is 2.47. The standard InChI is InChI=1S/C8H10Br2N2OS/c1-4(3-11)12-8(13)6-2-5(9)7(10)14-6/h2,4H,3,11H2,1H3,(H,12,13)/t4-/m0/s1. The van der Waals surface area contributed by atoms with Gasteiger partial charge in [0.1, 0.15) is 0 Å². The first-order chi connectivity index (χ1) is 6.54. The normalized spacial score (nSPS) is 12.6. The maximum atomic E-state index is 11.6. The predicted molar refractivity (Wildman–Crippen MR) is 65.7 cm³/mol. The summed E-state index contributed by atoms with van der Waals surface area (Å²) < 4.78 is 1.82. The Labute approximate surface area is 103 Å². The number of carbonyl (C=O) groups excluding carboxylic acids is 1. The molecule has 6 heteroatoms. The first kappa shape index (κ1) is 12.2. The molecule has 0 radical (unpaired) electrons. The van der Waals surface area contributed by atoms with Crippen molar-refractivity contribution in [1.82, 2.24) is 5.32 Å². The lowest BCUT2D eigenvalue weighted by Crippen LogP contribution is -2.37. The van der Waals surface area contributed by atoms with Crippen LogP contribution in [0.1, 0.15) is 16.6 Å².